The van der Waals surface area contributed by atoms with Gasteiger partial charge in [0, 0.05) is 5.38 Å². The van der Waals surface area contributed by atoms with Gasteiger partial charge < -0.3 is 10.4 Å². The minimum Gasteiger partial charge on any atom is -0.476 e. The highest BCUT2D eigenvalue weighted by Crippen LogP contribution is 2.21. The fourth-order valence-corrected chi connectivity index (χ4v) is 3.23. The number of carboxylic acid groups (broad SMARTS) is 1. The van der Waals surface area contributed by atoms with E-state index in [4.69, 9.17) is 5.11 Å². The number of benzene rings is 1. The van der Waals surface area contributed by atoms with Crippen LogP contribution in [0.4, 0.5) is 5.69 Å². The molecule has 0 saturated heterocycles. The van der Waals surface area contributed by atoms with Crippen molar-refractivity contribution < 1.29 is 18.3 Å². The Hall–Kier alpha value is -1.97. The van der Waals surface area contributed by atoms with Crippen LogP contribution in [-0.4, -0.2) is 31.5 Å². The third-order valence-electron chi connectivity index (χ3n) is 2.65. The predicted molar refractivity (Wildman–Crippen MR) is 79.1 cm³/mol. The Bertz CT molecular complexity index is 755. The number of anilines is 1. The molecule has 0 unspecified atom stereocenters. The van der Waals surface area contributed by atoms with Gasteiger partial charge in [-0.3, -0.25) is 0 Å². The zero-order chi connectivity index (χ0) is 15.5. The Morgan fingerprint density at radius 2 is 2.10 bits per heavy atom. The van der Waals surface area contributed by atoms with Crippen molar-refractivity contribution in [2.75, 3.05) is 12.4 Å². The number of hydrogen-bond donors (Lipinski definition) is 3. The zero-order valence-electron chi connectivity index (χ0n) is 11.0. The first-order valence-electron chi connectivity index (χ1n) is 5.88. The lowest BCUT2D eigenvalue weighted by molar-refractivity contribution is 0.0691. The Kier molecular flexibility index (Phi) is 4.56. The van der Waals surface area contributed by atoms with E-state index in [1.54, 1.807) is 18.2 Å². The SMILES string of the molecule is CNS(=O)(=O)c1ccccc1NCc1nc(C(=O)O)cs1. The molecule has 2 rings (SSSR count). The van der Waals surface area contributed by atoms with E-state index in [1.165, 1.54) is 29.8 Å². The largest absolute Gasteiger partial charge is 0.476 e. The molecular formula is C12H13N3O4S2. The first-order valence-corrected chi connectivity index (χ1v) is 8.24. The van der Waals surface area contributed by atoms with Crippen LogP contribution in [-0.2, 0) is 16.6 Å². The summed E-state index contributed by atoms with van der Waals surface area (Å²) in [5, 5.41) is 13.8. The van der Waals surface area contributed by atoms with Gasteiger partial charge in [0.1, 0.15) is 9.90 Å². The van der Waals surface area contributed by atoms with Crippen LogP contribution in [0.25, 0.3) is 0 Å². The van der Waals surface area contributed by atoms with Crippen LogP contribution in [0.2, 0.25) is 0 Å². The molecule has 112 valence electrons. The molecule has 0 amide bonds. The Labute approximate surface area is 125 Å². The maximum atomic E-state index is 11.9. The summed E-state index contributed by atoms with van der Waals surface area (Å²) in [4.78, 5) is 14.8. The van der Waals surface area contributed by atoms with Gasteiger partial charge in [-0.15, -0.1) is 11.3 Å². The molecule has 0 aliphatic heterocycles. The third kappa shape index (κ3) is 3.57. The molecular weight excluding hydrogens is 314 g/mol. The van der Waals surface area contributed by atoms with Crippen molar-refractivity contribution in [3.05, 3.63) is 40.3 Å². The summed E-state index contributed by atoms with van der Waals surface area (Å²) in [6, 6.07) is 6.46. The van der Waals surface area contributed by atoms with E-state index < -0.39 is 16.0 Å². The van der Waals surface area contributed by atoms with E-state index in [9.17, 15) is 13.2 Å². The maximum Gasteiger partial charge on any atom is 0.355 e. The van der Waals surface area contributed by atoms with E-state index in [2.05, 4.69) is 15.0 Å². The summed E-state index contributed by atoms with van der Waals surface area (Å²) < 4.78 is 26.0. The maximum absolute atomic E-state index is 11.9. The molecule has 0 saturated carbocycles. The van der Waals surface area contributed by atoms with Gasteiger partial charge in [-0.25, -0.2) is 22.9 Å². The summed E-state index contributed by atoms with van der Waals surface area (Å²) in [5.41, 5.74) is 0.409. The van der Waals surface area contributed by atoms with Crippen molar-refractivity contribution in [3.8, 4) is 0 Å². The first-order chi connectivity index (χ1) is 9.94. The number of hydrogen-bond acceptors (Lipinski definition) is 6. The summed E-state index contributed by atoms with van der Waals surface area (Å²) in [7, 11) is -2.23. The number of aromatic carboxylic acids is 1. The van der Waals surface area contributed by atoms with Gasteiger partial charge in [0.25, 0.3) is 0 Å². The van der Waals surface area contributed by atoms with Crippen molar-refractivity contribution in [1.82, 2.24) is 9.71 Å². The lowest BCUT2D eigenvalue weighted by atomic mass is 10.3. The number of aromatic nitrogens is 1. The average molecular weight is 327 g/mol. The number of nitrogens with one attached hydrogen (secondary N) is 2. The van der Waals surface area contributed by atoms with Crippen LogP contribution < -0.4 is 10.0 Å². The highest BCUT2D eigenvalue weighted by atomic mass is 32.2. The number of carbonyl (C=O) groups is 1. The topological polar surface area (TPSA) is 108 Å². The van der Waals surface area contributed by atoms with Gasteiger partial charge in [0.15, 0.2) is 5.69 Å². The number of thiazole rings is 1. The summed E-state index contributed by atoms with van der Waals surface area (Å²) in [5.74, 6) is -1.09. The Morgan fingerprint density at radius 3 is 2.71 bits per heavy atom. The van der Waals surface area contributed by atoms with Crippen molar-refractivity contribution >= 4 is 33.0 Å². The van der Waals surface area contributed by atoms with Crippen molar-refractivity contribution in [3.63, 3.8) is 0 Å². The minimum absolute atomic E-state index is 0.0204. The number of rotatable bonds is 6. The zero-order valence-corrected chi connectivity index (χ0v) is 12.7. The van der Waals surface area contributed by atoms with Gasteiger partial charge in [-0.05, 0) is 19.2 Å². The van der Waals surface area contributed by atoms with E-state index >= 15 is 0 Å². The molecule has 0 aliphatic rings. The number of nitrogens with zero attached hydrogens (tertiary/aromatic N) is 1. The fraction of sp³-hybridized carbons (Fsp3) is 0.167. The van der Waals surface area contributed by atoms with Crippen LogP contribution in [0.5, 0.6) is 0 Å². The van der Waals surface area contributed by atoms with Gasteiger partial charge in [-0.2, -0.15) is 0 Å². The molecule has 0 radical (unpaired) electrons. The highest BCUT2D eigenvalue weighted by molar-refractivity contribution is 7.89. The molecule has 0 atom stereocenters. The number of para-hydroxylation sites is 1. The number of sulfonamides is 1. The second-order valence-corrected chi connectivity index (χ2v) is 6.79. The van der Waals surface area contributed by atoms with Gasteiger partial charge in [0.2, 0.25) is 10.0 Å². The lowest BCUT2D eigenvalue weighted by Gasteiger charge is -2.10. The van der Waals surface area contributed by atoms with E-state index in [0.717, 1.165) is 0 Å². The quantitative estimate of drug-likeness (QED) is 0.739. The molecule has 1 aromatic carbocycles. The molecule has 0 fully saturated rings. The average Bonchev–Trinajstić information content (AvgIpc) is 2.94. The fourth-order valence-electron chi connectivity index (χ4n) is 1.62. The van der Waals surface area contributed by atoms with Gasteiger partial charge >= 0.3 is 5.97 Å². The van der Waals surface area contributed by atoms with Crippen LogP contribution in [0, 0.1) is 0 Å². The third-order valence-corrected chi connectivity index (χ3v) is 4.97. The van der Waals surface area contributed by atoms with E-state index in [0.29, 0.717) is 10.7 Å². The van der Waals surface area contributed by atoms with Gasteiger partial charge in [0.05, 0.1) is 12.2 Å². The molecule has 7 nitrogen and oxygen atoms in total. The molecule has 1 aromatic heterocycles. The monoisotopic (exact) mass is 327 g/mol. The van der Waals surface area contributed by atoms with Crippen LogP contribution >= 0.6 is 11.3 Å². The standard InChI is InChI=1S/C12H13N3O4S2/c1-13-21(18,19)10-5-3-2-4-8(10)14-6-11-15-9(7-20-11)12(16)17/h2-5,7,13-14H,6H2,1H3,(H,16,17). The van der Waals surface area contributed by atoms with Crippen molar-refractivity contribution in [2.45, 2.75) is 11.4 Å². The second kappa shape index (κ2) is 6.20. The minimum atomic E-state index is -3.57. The molecule has 0 spiro atoms. The van der Waals surface area contributed by atoms with E-state index in [1.807, 2.05) is 0 Å². The Morgan fingerprint density at radius 1 is 1.38 bits per heavy atom. The summed E-state index contributed by atoms with van der Waals surface area (Å²) in [6.45, 7) is 0.244. The predicted octanol–water partition coefficient (Wildman–Crippen LogP) is 1.36. The van der Waals surface area contributed by atoms with Crippen LogP contribution in [0.15, 0.2) is 34.5 Å². The van der Waals surface area contributed by atoms with Crippen molar-refractivity contribution in [2.24, 2.45) is 0 Å². The molecule has 0 bridgehead atoms. The molecule has 1 heterocycles. The first kappa shape index (κ1) is 15.4. The van der Waals surface area contributed by atoms with Crippen LogP contribution in [0.3, 0.4) is 0 Å². The molecule has 2 aromatic rings. The summed E-state index contributed by atoms with van der Waals surface area (Å²) >= 11 is 1.20. The molecule has 9 heteroatoms. The lowest BCUT2D eigenvalue weighted by Crippen LogP contribution is -2.20. The highest BCUT2D eigenvalue weighted by Gasteiger charge is 2.16. The normalized spacial score (nSPS) is 11.3. The second-order valence-electron chi connectivity index (χ2n) is 3.99. The Balaban J connectivity index is 2.18. The molecule has 21 heavy (non-hydrogen) atoms. The molecule has 3 N–H and O–H groups in total. The summed E-state index contributed by atoms with van der Waals surface area (Å²) in [6.07, 6.45) is 0. The number of carboxylic acids is 1. The van der Waals surface area contributed by atoms with E-state index in [-0.39, 0.29) is 17.1 Å². The smallest absolute Gasteiger partial charge is 0.355 e. The van der Waals surface area contributed by atoms with Crippen LogP contribution in [0.1, 0.15) is 15.5 Å². The molecule has 0 aliphatic carbocycles. The van der Waals surface area contributed by atoms with Gasteiger partial charge in [-0.1, -0.05) is 12.1 Å². The van der Waals surface area contributed by atoms with Crippen molar-refractivity contribution in [1.29, 1.82) is 0 Å².